The third-order valence-electron chi connectivity index (χ3n) is 6.08. The molecule has 0 aliphatic heterocycles. The predicted octanol–water partition coefficient (Wildman–Crippen LogP) is 3.63. The molecule has 4 N–H and O–H groups in total. The van der Waals surface area contributed by atoms with E-state index in [2.05, 4.69) is 32.1 Å². The molecule has 2 rings (SSSR count). The van der Waals surface area contributed by atoms with Gasteiger partial charge in [-0.3, -0.25) is 19.2 Å². The van der Waals surface area contributed by atoms with Crippen LogP contribution in [0.4, 0.5) is 5.82 Å². The molecule has 0 saturated carbocycles. The second kappa shape index (κ2) is 16.6. The number of aromatic nitrogens is 4. The Balaban J connectivity index is 2.01. The second-order valence-electron chi connectivity index (χ2n) is 10.4. The van der Waals surface area contributed by atoms with E-state index in [4.69, 9.17) is 19.9 Å². The van der Waals surface area contributed by atoms with Gasteiger partial charge >= 0.3 is 11.9 Å². The van der Waals surface area contributed by atoms with E-state index in [-0.39, 0.29) is 24.8 Å². The smallest absolute Gasteiger partial charge is 0.323 e. The van der Waals surface area contributed by atoms with Crippen LogP contribution >= 0.6 is 7.44 Å². The number of fused-ring (bicyclic) bond motifs is 1. The van der Waals surface area contributed by atoms with Crippen LogP contribution in [0.3, 0.4) is 0 Å². The fraction of sp³-hybridized carbons (Fsp3) is 0.731. The molecule has 0 spiro atoms. The van der Waals surface area contributed by atoms with Crippen LogP contribution in [0.25, 0.3) is 11.2 Å². The summed E-state index contributed by atoms with van der Waals surface area (Å²) in [6, 6.07) is -0.858. The maximum absolute atomic E-state index is 13.9. The molecule has 0 aliphatic carbocycles. The van der Waals surface area contributed by atoms with Gasteiger partial charge in [-0.15, -0.1) is 0 Å². The second-order valence-corrected chi connectivity index (χ2v) is 12.7. The summed E-state index contributed by atoms with van der Waals surface area (Å²) in [6.07, 6.45) is 7.21. The van der Waals surface area contributed by atoms with Crippen molar-refractivity contribution >= 4 is 36.4 Å². The number of carbonyl (C=O) groups is 2. The molecule has 4 atom stereocenters. The van der Waals surface area contributed by atoms with Crippen molar-refractivity contribution in [2.45, 2.75) is 98.4 Å². The zero-order valence-electron chi connectivity index (χ0n) is 24.6. The zero-order valence-corrected chi connectivity index (χ0v) is 25.5. The van der Waals surface area contributed by atoms with Crippen LogP contribution in [-0.2, 0) is 34.9 Å². The molecule has 0 amide bonds. The third-order valence-corrected chi connectivity index (χ3v) is 8.09. The molecule has 0 saturated heterocycles. The van der Waals surface area contributed by atoms with E-state index < -0.39 is 37.4 Å². The SMILES string of the molecule is CCCCCCCOC(=O)[C@H](C)NP(=O)(CO[C@H](C)Cn1cnc2c(N)ncnc21)NC[C@H](C)C(=O)OC(C)C. The van der Waals surface area contributed by atoms with Crippen molar-refractivity contribution in [2.24, 2.45) is 5.92 Å². The van der Waals surface area contributed by atoms with Crippen molar-refractivity contribution in [3.63, 3.8) is 0 Å². The number of esters is 2. The number of nitrogens with zero attached hydrogens (tertiary/aromatic N) is 4. The van der Waals surface area contributed by atoms with Crippen LogP contribution in [0.15, 0.2) is 12.7 Å². The van der Waals surface area contributed by atoms with Crippen molar-refractivity contribution in [1.29, 1.82) is 0 Å². The normalized spacial score (nSPS) is 15.5. The van der Waals surface area contributed by atoms with Gasteiger partial charge in [-0.05, 0) is 34.1 Å². The summed E-state index contributed by atoms with van der Waals surface area (Å²) in [6.45, 7) is 11.5. The minimum absolute atomic E-state index is 0.0646. The Bertz CT molecular complexity index is 1130. The number of imidazole rings is 1. The summed E-state index contributed by atoms with van der Waals surface area (Å²) in [5.41, 5.74) is 6.92. The first-order valence-electron chi connectivity index (χ1n) is 14.0. The van der Waals surface area contributed by atoms with E-state index in [0.717, 1.165) is 32.1 Å². The van der Waals surface area contributed by atoms with Crippen molar-refractivity contribution in [3.05, 3.63) is 12.7 Å². The molecule has 0 fully saturated rings. The maximum Gasteiger partial charge on any atom is 0.323 e. The van der Waals surface area contributed by atoms with Gasteiger partial charge in [0, 0.05) is 6.54 Å². The Morgan fingerprint density at radius 3 is 2.48 bits per heavy atom. The largest absolute Gasteiger partial charge is 0.465 e. The molecular formula is C26H46N7O6P. The fourth-order valence-electron chi connectivity index (χ4n) is 3.81. The number of nitrogen functional groups attached to an aromatic ring is 1. The van der Waals surface area contributed by atoms with E-state index >= 15 is 0 Å². The highest BCUT2D eigenvalue weighted by Gasteiger charge is 2.30. The summed E-state index contributed by atoms with van der Waals surface area (Å²) in [5, 5.41) is 5.81. The Labute approximate surface area is 236 Å². The summed E-state index contributed by atoms with van der Waals surface area (Å²) in [5.74, 6) is -1.20. The summed E-state index contributed by atoms with van der Waals surface area (Å²) in [4.78, 5) is 37.3. The molecule has 14 heteroatoms. The molecule has 226 valence electrons. The van der Waals surface area contributed by atoms with E-state index in [1.807, 2.05) is 6.92 Å². The lowest BCUT2D eigenvalue weighted by molar-refractivity contribution is -0.151. The molecule has 0 bridgehead atoms. The number of ether oxygens (including phenoxy) is 3. The number of hydrogen-bond donors (Lipinski definition) is 3. The fourth-order valence-corrected chi connectivity index (χ4v) is 5.83. The van der Waals surface area contributed by atoms with Crippen LogP contribution in [0.5, 0.6) is 0 Å². The first-order valence-corrected chi connectivity index (χ1v) is 15.9. The van der Waals surface area contributed by atoms with Gasteiger partial charge in [0.05, 0.1) is 37.6 Å². The summed E-state index contributed by atoms with van der Waals surface area (Å²) < 4.78 is 32.3. The molecule has 0 radical (unpaired) electrons. The molecule has 40 heavy (non-hydrogen) atoms. The first-order chi connectivity index (χ1) is 19.0. The first kappa shape index (κ1) is 33.6. The zero-order chi connectivity index (χ0) is 29.7. The highest BCUT2D eigenvalue weighted by atomic mass is 31.2. The van der Waals surface area contributed by atoms with Gasteiger partial charge in [0.15, 0.2) is 11.5 Å². The molecule has 1 unspecified atom stereocenters. The summed E-state index contributed by atoms with van der Waals surface area (Å²) in [7, 11) is -3.51. The summed E-state index contributed by atoms with van der Waals surface area (Å²) >= 11 is 0. The van der Waals surface area contributed by atoms with Crippen LogP contribution in [0.2, 0.25) is 0 Å². The van der Waals surface area contributed by atoms with E-state index in [9.17, 15) is 14.2 Å². The van der Waals surface area contributed by atoms with Gasteiger partial charge in [-0.2, -0.15) is 0 Å². The van der Waals surface area contributed by atoms with E-state index in [1.165, 1.54) is 6.33 Å². The lowest BCUT2D eigenvalue weighted by Gasteiger charge is -2.26. The molecule has 13 nitrogen and oxygen atoms in total. The van der Waals surface area contributed by atoms with Crippen molar-refractivity contribution in [2.75, 3.05) is 25.2 Å². The van der Waals surface area contributed by atoms with Gasteiger partial charge in [-0.25, -0.2) is 20.0 Å². The number of rotatable bonds is 19. The van der Waals surface area contributed by atoms with Gasteiger partial charge in [0.2, 0.25) is 7.44 Å². The van der Waals surface area contributed by atoms with Crippen molar-refractivity contribution < 1.29 is 28.4 Å². The topological polar surface area (TPSA) is 173 Å². The van der Waals surface area contributed by atoms with Gasteiger partial charge in [0.25, 0.3) is 0 Å². The van der Waals surface area contributed by atoms with Crippen LogP contribution in [0.1, 0.15) is 73.6 Å². The molecule has 0 aliphatic rings. The lowest BCUT2D eigenvalue weighted by Crippen LogP contribution is -2.40. The lowest BCUT2D eigenvalue weighted by atomic mass is 10.2. The monoisotopic (exact) mass is 583 g/mol. The van der Waals surface area contributed by atoms with Crippen LogP contribution in [-0.4, -0.2) is 69.2 Å². The number of hydrogen-bond acceptors (Lipinski definition) is 10. The minimum atomic E-state index is -3.51. The average molecular weight is 584 g/mol. The molecule has 2 aromatic heterocycles. The van der Waals surface area contributed by atoms with Gasteiger partial charge in [-0.1, -0.05) is 39.5 Å². The van der Waals surface area contributed by atoms with E-state index in [0.29, 0.717) is 24.3 Å². The number of anilines is 1. The third kappa shape index (κ3) is 11.1. The molecule has 0 aromatic carbocycles. The van der Waals surface area contributed by atoms with Gasteiger partial charge < -0.3 is 24.5 Å². The number of nitrogens with one attached hydrogen (secondary N) is 2. The number of carbonyl (C=O) groups excluding carboxylic acids is 2. The quantitative estimate of drug-likeness (QED) is 0.125. The number of unbranched alkanes of at least 4 members (excludes halogenated alkanes) is 4. The predicted molar refractivity (Wildman–Crippen MR) is 153 cm³/mol. The Morgan fingerprint density at radius 2 is 1.77 bits per heavy atom. The Kier molecular flexibility index (Phi) is 14.0. The number of nitrogens with two attached hydrogens (primary N) is 1. The highest BCUT2D eigenvalue weighted by Crippen LogP contribution is 2.37. The molecule has 2 aromatic rings. The highest BCUT2D eigenvalue weighted by molar-refractivity contribution is 7.59. The van der Waals surface area contributed by atoms with Crippen molar-refractivity contribution in [1.82, 2.24) is 29.7 Å². The standard InChI is InChI=1S/C26H46N7O6P/c1-7-8-9-10-11-12-37-26(35)21(6)32-40(36,31-13-19(4)25(34)39-18(2)3)17-38-20(5)14-33-16-30-22-23(27)28-15-29-24(22)33/h15-16,18-21H,7-14,17H2,1-6H3,(H2,27,28,29)(H2,31,32,36)/t19-,20+,21-,40?/m0/s1. The average Bonchev–Trinajstić information content (AvgIpc) is 3.31. The van der Waals surface area contributed by atoms with Gasteiger partial charge in [0.1, 0.15) is 24.2 Å². The Hall–Kier alpha value is -2.60. The van der Waals surface area contributed by atoms with Crippen molar-refractivity contribution in [3.8, 4) is 0 Å². The van der Waals surface area contributed by atoms with E-state index in [1.54, 1.807) is 38.6 Å². The van der Waals surface area contributed by atoms with Crippen LogP contribution in [0, 0.1) is 5.92 Å². The molecule has 2 heterocycles. The Morgan fingerprint density at radius 1 is 1.05 bits per heavy atom. The maximum atomic E-state index is 13.9. The minimum Gasteiger partial charge on any atom is -0.465 e. The van der Waals surface area contributed by atoms with Crippen LogP contribution < -0.4 is 15.9 Å². The molecular weight excluding hydrogens is 537 g/mol.